The van der Waals surface area contributed by atoms with Gasteiger partial charge in [-0.05, 0) is 17.7 Å². The first-order valence-corrected chi connectivity index (χ1v) is 6.05. The molecule has 0 bridgehead atoms. The highest BCUT2D eigenvalue weighted by Crippen LogP contribution is 2.20. The topological polar surface area (TPSA) is 46.8 Å². The van der Waals surface area contributed by atoms with Crippen LogP contribution in [0.5, 0.6) is 11.5 Å². The Morgan fingerprint density at radius 2 is 2.11 bits per heavy atom. The number of phenols is 1. The monoisotopic (exact) mass is 254 g/mol. The van der Waals surface area contributed by atoms with Crippen molar-refractivity contribution in [1.82, 2.24) is 9.38 Å². The van der Waals surface area contributed by atoms with Gasteiger partial charge in [-0.2, -0.15) is 0 Å². The quantitative estimate of drug-likeness (QED) is 0.781. The summed E-state index contributed by atoms with van der Waals surface area (Å²) in [5, 5.41) is 9.77. The van der Waals surface area contributed by atoms with Gasteiger partial charge in [-0.3, -0.25) is 0 Å². The van der Waals surface area contributed by atoms with Gasteiger partial charge < -0.3 is 14.2 Å². The van der Waals surface area contributed by atoms with Gasteiger partial charge in [0.15, 0.2) is 0 Å². The molecule has 0 saturated carbocycles. The molecule has 0 amide bonds. The zero-order valence-electron chi connectivity index (χ0n) is 10.6. The minimum absolute atomic E-state index is 0.303. The van der Waals surface area contributed by atoms with Crippen molar-refractivity contribution in [1.29, 1.82) is 0 Å². The lowest BCUT2D eigenvalue weighted by molar-refractivity contribution is 0.414. The molecule has 0 aliphatic carbocycles. The largest absolute Gasteiger partial charge is 0.508 e. The molecule has 4 heteroatoms. The molecule has 0 aliphatic heterocycles. The van der Waals surface area contributed by atoms with Crippen LogP contribution in [0, 0.1) is 0 Å². The van der Waals surface area contributed by atoms with E-state index >= 15 is 0 Å². The highest BCUT2D eigenvalue weighted by Gasteiger charge is 2.06. The summed E-state index contributed by atoms with van der Waals surface area (Å²) in [6, 6.07) is 11.1. The van der Waals surface area contributed by atoms with Gasteiger partial charge in [-0.1, -0.05) is 18.2 Å². The maximum atomic E-state index is 9.77. The van der Waals surface area contributed by atoms with Gasteiger partial charge in [-0.15, -0.1) is 0 Å². The third kappa shape index (κ3) is 2.25. The summed E-state index contributed by atoms with van der Waals surface area (Å²) in [4.78, 5) is 4.53. The number of para-hydroxylation sites is 1. The second-order valence-electron chi connectivity index (χ2n) is 4.37. The molecule has 96 valence electrons. The lowest BCUT2D eigenvalue weighted by Crippen LogP contribution is -1.88. The maximum Gasteiger partial charge on any atom is 0.140 e. The summed E-state index contributed by atoms with van der Waals surface area (Å²) in [5.41, 5.74) is 2.62. The second kappa shape index (κ2) is 4.65. The van der Waals surface area contributed by atoms with Gasteiger partial charge in [0, 0.05) is 24.9 Å². The Bertz CT molecular complexity index is 719. The number of phenolic OH excluding ortho intramolecular Hbond substituents is 1. The van der Waals surface area contributed by atoms with E-state index in [4.69, 9.17) is 4.74 Å². The van der Waals surface area contributed by atoms with Crippen LogP contribution in [-0.4, -0.2) is 21.6 Å². The molecule has 0 radical (unpaired) electrons. The van der Waals surface area contributed by atoms with Gasteiger partial charge in [-0.25, -0.2) is 4.98 Å². The van der Waals surface area contributed by atoms with Gasteiger partial charge >= 0.3 is 0 Å². The van der Waals surface area contributed by atoms with E-state index in [9.17, 15) is 5.11 Å². The van der Waals surface area contributed by atoms with Crippen LogP contribution in [0.15, 0.2) is 48.8 Å². The lowest BCUT2D eigenvalue weighted by Gasteiger charge is -2.00. The van der Waals surface area contributed by atoms with Crippen molar-refractivity contribution >= 4 is 5.65 Å². The van der Waals surface area contributed by atoms with E-state index in [0.717, 1.165) is 22.7 Å². The maximum absolute atomic E-state index is 9.77. The number of aromatic hydroxyl groups is 1. The number of fused-ring (bicyclic) bond motifs is 1. The van der Waals surface area contributed by atoms with Crippen LogP contribution in [0.2, 0.25) is 0 Å². The molecule has 4 nitrogen and oxygen atoms in total. The predicted molar refractivity (Wildman–Crippen MR) is 72.7 cm³/mol. The Morgan fingerprint density at radius 3 is 2.89 bits per heavy atom. The molecule has 3 aromatic rings. The van der Waals surface area contributed by atoms with Gasteiger partial charge in [0.2, 0.25) is 0 Å². The van der Waals surface area contributed by atoms with Crippen molar-refractivity contribution in [2.75, 3.05) is 7.11 Å². The van der Waals surface area contributed by atoms with Crippen LogP contribution in [0.1, 0.15) is 11.3 Å². The predicted octanol–water partition coefficient (Wildman–Crippen LogP) is 2.64. The van der Waals surface area contributed by atoms with Gasteiger partial charge in [0.05, 0.1) is 12.8 Å². The number of methoxy groups -OCH3 is 1. The zero-order chi connectivity index (χ0) is 13.2. The minimum Gasteiger partial charge on any atom is -0.508 e. The molecule has 1 N–H and O–H groups in total. The number of aromatic nitrogens is 2. The fourth-order valence-electron chi connectivity index (χ4n) is 2.08. The van der Waals surface area contributed by atoms with E-state index in [2.05, 4.69) is 4.98 Å². The number of nitrogens with zero attached hydrogens (tertiary/aromatic N) is 2. The summed E-state index contributed by atoms with van der Waals surface area (Å²) in [6.45, 7) is 0. The highest BCUT2D eigenvalue weighted by atomic mass is 16.5. The fraction of sp³-hybridized carbons (Fsp3) is 0.133. The standard InChI is InChI=1S/C15H14N2O2/c1-19-13-6-7-17-10-12(16-15(17)9-13)8-11-4-2-3-5-14(11)18/h2-7,9-10,18H,8H2,1H3. The van der Waals surface area contributed by atoms with E-state index in [1.54, 1.807) is 13.2 Å². The van der Waals surface area contributed by atoms with Crippen molar-refractivity contribution in [3.05, 3.63) is 60.0 Å². The van der Waals surface area contributed by atoms with Crippen LogP contribution < -0.4 is 4.74 Å². The van der Waals surface area contributed by atoms with Gasteiger partial charge in [0.25, 0.3) is 0 Å². The molecule has 2 heterocycles. The molecule has 19 heavy (non-hydrogen) atoms. The lowest BCUT2D eigenvalue weighted by atomic mass is 10.1. The van der Waals surface area contributed by atoms with Crippen LogP contribution in [0.4, 0.5) is 0 Å². The number of hydrogen-bond acceptors (Lipinski definition) is 3. The first-order valence-electron chi connectivity index (χ1n) is 6.05. The van der Waals surface area contributed by atoms with Crippen molar-refractivity contribution < 1.29 is 9.84 Å². The molecule has 1 aromatic carbocycles. The summed E-state index contributed by atoms with van der Waals surface area (Å²) in [5.74, 6) is 1.09. The van der Waals surface area contributed by atoms with E-state index < -0.39 is 0 Å². The van der Waals surface area contributed by atoms with E-state index in [-0.39, 0.29) is 0 Å². The molecule has 0 saturated heterocycles. The van der Waals surface area contributed by atoms with Gasteiger partial charge in [0.1, 0.15) is 17.1 Å². The summed E-state index contributed by atoms with van der Waals surface area (Å²) < 4.78 is 7.12. The van der Waals surface area contributed by atoms with Crippen molar-refractivity contribution in [3.8, 4) is 11.5 Å². The normalized spacial score (nSPS) is 10.8. The third-order valence-electron chi connectivity index (χ3n) is 3.08. The highest BCUT2D eigenvalue weighted by molar-refractivity contribution is 5.46. The Hall–Kier alpha value is -2.49. The molecule has 2 aromatic heterocycles. The molecule has 0 spiro atoms. The molecule has 3 rings (SSSR count). The Morgan fingerprint density at radius 1 is 1.26 bits per heavy atom. The number of benzene rings is 1. The number of imidazole rings is 1. The minimum atomic E-state index is 0.303. The van der Waals surface area contributed by atoms with Crippen LogP contribution in [0.25, 0.3) is 5.65 Å². The van der Waals surface area contributed by atoms with Crippen LogP contribution in [0.3, 0.4) is 0 Å². The molecule has 0 fully saturated rings. The molecule has 0 atom stereocenters. The fourth-order valence-corrected chi connectivity index (χ4v) is 2.08. The average Bonchev–Trinajstić information content (AvgIpc) is 2.82. The summed E-state index contributed by atoms with van der Waals surface area (Å²) in [6.07, 6.45) is 4.48. The second-order valence-corrected chi connectivity index (χ2v) is 4.37. The SMILES string of the molecule is COc1ccn2cc(Cc3ccccc3O)nc2c1. The summed E-state index contributed by atoms with van der Waals surface area (Å²) in [7, 11) is 1.64. The summed E-state index contributed by atoms with van der Waals surface area (Å²) >= 11 is 0. The first-order chi connectivity index (χ1) is 9.26. The van der Waals surface area contributed by atoms with Crippen molar-refractivity contribution in [2.24, 2.45) is 0 Å². The van der Waals surface area contributed by atoms with Crippen molar-refractivity contribution in [2.45, 2.75) is 6.42 Å². The molecule has 0 aliphatic rings. The molecular weight excluding hydrogens is 240 g/mol. The van der Waals surface area contributed by atoms with E-state index in [1.165, 1.54) is 0 Å². The molecule has 0 unspecified atom stereocenters. The number of hydrogen-bond donors (Lipinski definition) is 1. The smallest absolute Gasteiger partial charge is 0.140 e. The van der Waals surface area contributed by atoms with Crippen LogP contribution in [-0.2, 0) is 6.42 Å². The number of rotatable bonds is 3. The first kappa shape index (κ1) is 11.6. The Balaban J connectivity index is 1.95. The molecular formula is C15H14N2O2. The van der Waals surface area contributed by atoms with Crippen LogP contribution >= 0.6 is 0 Å². The van der Waals surface area contributed by atoms with Crippen molar-refractivity contribution in [3.63, 3.8) is 0 Å². The van der Waals surface area contributed by atoms with E-state index in [1.807, 2.05) is 47.1 Å². The zero-order valence-corrected chi connectivity index (χ0v) is 10.6. The third-order valence-corrected chi connectivity index (χ3v) is 3.08. The Kier molecular flexibility index (Phi) is 2.83. The Labute approximate surface area is 110 Å². The number of pyridine rings is 1. The average molecular weight is 254 g/mol. The van der Waals surface area contributed by atoms with E-state index in [0.29, 0.717) is 12.2 Å². The number of ether oxygens (including phenoxy) is 1.